The fourth-order valence-corrected chi connectivity index (χ4v) is 2.06. The lowest BCUT2D eigenvalue weighted by Gasteiger charge is -2.41. The van der Waals surface area contributed by atoms with Gasteiger partial charge in [0.1, 0.15) is 0 Å². The Bertz CT molecular complexity index is 352. The van der Waals surface area contributed by atoms with Crippen LogP contribution < -0.4 is 10.6 Å². The second-order valence-corrected chi connectivity index (χ2v) is 5.15. The Morgan fingerprint density at radius 3 is 2.65 bits per heavy atom. The van der Waals surface area contributed by atoms with Gasteiger partial charge < -0.3 is 15.1 Å². The van der Waals surface area contributed by atoms with Gasteiger partial charge in [-0.05, 0) is 25.7 Å². The minimum absolute atomic E-state index is 0.204. The van der Waals surface area contributed by atoms with Crippen molar-refractivity contribution in [2.75, 3.05) is 5.32 Å². The van der Waals surface area contributed by atoms with Crippen LogP contribution in [0.1, 0.15) is 52.3 Å². The summed E-state index contributed by atoms with van der Waals surface area (Å²) >= 11 is 0. The molecule has 1 aliphatic rings. The molecule has 0 amide bonds. The zero-order chi connectivity index (χ0) is 12.3. The molecule has 17 heavy (non-hydrogen) atoms. The minimum Gasteiger partial charge on any atom is -0.407 e. The van der Waals surface area contributed by atoms with Crippen LogP contribution in [-0.4, -0.2) is 21.8 Å². The van der Waals surface area contributed by atoms with Crippen LogP contribution in [0.2, 0.25) is 0 Å². The fourth-order valence-electron chi connectivity index (χ4n) is 2.06. The number of hydrogen-bond donors (Lipinski definition) is 2. The first-order chi connectivity index (χ1) is 8.13. The van der Waals surface area contributed by atoms with Crippen molar-refractivity contribution in [3.63, 3.8) is 0 Å². The predicted octanol–water partition coefficient (Wildman–Crippen LogP) is 2.31. The van der Waals surface area contributed by atoms with Gasteiger partial charge in [-0.2, -0.15) is 0 Å². The first kappa shape index (κ1) is 12.4. The summed E-state index contributed by atoms with van der Waals surface area (Å²) in [6, 6.07) is 0.985. The Balaban J connectivity index is 1.89. The van der Waals surface area contributed by atoms with Crippen LogP contribution in [0.15, 0.2) is 4.42 Å². The van der Waals surface area contributed by atoms with Crippen molar-refractivity contribution in [2.45, 2.75) is 64.6 Å². The number of rotatable bonds is 6. The molecule has 1 aliphatic carbocycles. The molecule has 1 heterocycles. The van der Waals surface area contributed by atoms with Gasteiger partial charge in [-0.15, -0.1) is 5.10 Å². The molecular formula is C12H22N4O. The molecule has 0 atom stereocenters. The van der Waals surface area contributed by atoms with E-state index in [1.54, 1.807) is 0 Å². The Morgan fingerprint density at radius 2 is 2.12 bits per heavy atom. The highest BCUT2D eigenvalue weighted by molar-refractivity contribution is 5.26. The Kier molecular flexibility index (Phi) is 3.66. The smallest absolute Gasteiger partial charge is 0.315 e. The van der Waals surface area contributed by atoms with Gasteiger partial charge in [0.2, 0.25) is 5.89 Å². The van der Waals surface area contributed by atoms with E-state index in [9.17, 15) is 0 Å². The van der Waals surface area contributed by atoms with E-state index in [0.717, 1.165) is 6.42 Å². The lowest BCUT2D eigenvalue weighted by molar-refractivity contribution is 0.261. The molecule has 0 saturated heterocycles. The zero-order valence-electron chi connectivity index (χ0n) is 10.9. The molecular weight excluding hydrogens is 216 g/mol. The topological polar surface area (TPSA) is 63.0 Å². The van der Waals surface area contributed by atoms with E-state index in [2.05, 4.69) is 41.6 Å². The second-order valence-electron chi connectivity index (χ2n) is 5.15. The highest BCUT2D eigenvalue weighted by atomic mass is 16.4. The van der Waals surface area contributed by atoms with Gasteiger partial charge >= 0.3 is 6.01 Å². The van der Waals surface area contributed by atoms with E-state index in [1.807, 2.05) is 0 Å². The molecule has 0 radical (unpaired) electrons. The van der Waals surface area contributed by atoms with E-state index in [1.165, 1.54) is 19.3 Å². The van der Waals surface area contributed by atoms with E-state index in [-0.39, 0.29) is 5.54 Å². The minimum atomic E-state index is 0.204. The lowest BCUT2D eigenvalue weighted by Crippen LogP contribution is -2.44. The zero-order valence-corrected chi connectivity index (χ0v) is 10.9. The highest BCUT2D eigenvalue weighted by Crippen LogP contribution is 2.37. The van der Waals surface area contributed by atoms with Gasteiger partial charge in [0.15, 0.2) is 0 Å². The van der Waals surface area contributed by atoms with E-state index in [4.69, 9.17) is 4.42 Å². The first-order valence-electron chi connectivity index (χ1n) is 6.47. The summed E-state index contributed by atoms with van der Waals surface area (Å²) in [5.74, 6) is 0.645. The van der Waals surface area contributed by atoms with Crippen molar-refractivity contribution in [1.29, 1.82) is 0 Å². The molecule has 0 unspecified atom stereocenters. The third-order valence-corrected chi connectivity index (χ3v) is 3.49. The van der Waals surface area contributed by atoms with Crippen molar-refractivity contribution < 1.29 is 4.42 Å². The number of aromatic nitrogens is 2. The number of nitrogens with one attached hydrogen (secondary N) is 2. The van der Waals surface area contributed by atoms with Crippen LogP contribution in [0.4, 0.5) is 6.01 Å². The molecule has 0 aliphatic heterocycles. The maximum absolute atomic E-state index is 5.57. The van der Waals surface area contributed by atoms with Crippen LogP contribution in [-0.2, 0) is 6.54 Å². The molecule has 2 rings (SSSR count). The molecule has 1 aromatic rings. The van der Waals surface area contributed by atoms with Crippen LogP contribution in [0, 0.1) is 0 Å². The van der Waals surface area contributed by atoms with Crippen LogP contribution in [0.5, 0.6) is 0 Å². The summed E-state index contributed by atoms with van der Waals surface area (Å²) in [6.07, 6.45) is 4.79. The Labute approximate surface area is 102 Å². The van der Waals surface area contributed by atoms with Crippen LogP contribution in [0.25, 0.3) is 0 Å². The fraction of sp³-hybridized carbons (Fsp3) is 0.833. The SMILES string of the molecule is CCC1(Nc2nnc(CNC(C)C)o2)CCC1. The summed E-state index contributed by atoms with van der Waals surface area (Å²) < 4.78 is 5.57. The average molecular weight is 238 g/mol. The molecule has 0 aromatic carbocycles. The third kappa shape index (κ3) is 2.97. The van der Waals surface area contributed by atoms with E-state index >= 15 is 0 Å². The second kappa shape index (κ2) is 5.04. The highest BCUT2D eigenvalue weighted by Gasteiger charge is 2.36. The van der Waals surface area contributed by atoms with Crippen molar-refractivity contribution in [1.82, 2.24) is 15.5 Å². The maximum Gasteiger partial charge on any atom is 0.315 e. The molecule has 96 valence electrons. The van der Waals surface area contributed by atoms with Gasteiger partial charge in [0.25, 0.3) is 0 Å². The number of hydrogen-bond acceptors (Lipinski definition) is 5. The summed E-state index contributed by atoms with van der Waals surface area (Å²) in [5.41, 5.74) is 0.204. The third-order valence-electron chi connectivity index (χ3n) is 3.49. The van der Waals surface area contributed by atoms with Crippen molar-refractivity contribution >= 4 is 6.01 Å². The Morgan fingerprint density at radius 1 is 1.35 bits per heavy atom. The summed E-state index contributed by atoms with van der Waals surface area (Å²) in [4.78, 5) is 0. The first-order valence-corrected chi connectivity index (χ1v) is 6.47. The average Bonchev–Trinajstić information content (AvgIpc) is 2.68. The van der Waals surface area contributed by atoms with Crippen molar-refractivity contribution in [3.8, 4) is 0 Å². The summed E-state index contributed by atoms with van der Waals surface area (Å²) in [7, 11) is 0. The molecule has 2 N–H and O–H groups in total. The standard InChI is InChI=1S/C12H22N4O/c1-4-12(6-5-7-12)14-11-16-15-10(17-11)8-13-9(2)3/h9,13H,4-8H2,1-3H3,(H,14,16). The quantitative estimate of drug-likeness (QED) is 0.796. The molecule has 0 spiro atoms. The van der Waals surface area contributed by atoms with E-state index in [0.29, 0.717) is 24.5 Å². The molecule has 5 heteroatoms. The molecule has 1 saturated carbocycles. The normalized spacial score (nSPS) is 18.1. The Hall–Kier alpha value is -1.10. The summed E-state index contributed by atoms with van der Waals surface area (Å²) in [6.45, 7) is 7.02. The molecule has 0 bridgehead atoms. The van der Waals surface area contributed by atoms with Gasteiger partial charge in [0.05, 0.1) is 6.54 Å². The van der Waals surface area contributed by atoms with Gasteiger partial charge in [-0.1, -0.05) is 25.9 Å². The predicted molar refractivity (Wildman–Crippen MR) is 66.8 cm³/mol. The van der Waals surface area contributed by atoms with Crippen LogP contribution >= 0.6 is 0 Å². The van der Waals surface area contributed by atoms with Gasteiger partial charge in [0, 0.05) is 11.6 Å². The summed E-state index contributed by atoms with van der Waals surface area (Å²) in [5, 5.41) is 14.7. The number of anilines is 1. The van der Waals surface area contributed by atoms with Gasteiger partial charge in [-0.25, -0.2) is 0 Å². The van der Waals surface area contributed by atoms with Crippen molar-refractivity contribution in [2.24, 2.45) is 0 Å². The monoisotopic (exact) mass is 238 g/mol. The van der Waals surface area contributed by atoms with E-state index < -0.39 is 0 Å². The lowest BCUT2D eigenvalue weighted by atomic mass is 9.75. The largest absolute Gasteiger partial charge is 0.407 e. The van der Waals surface area contributed by atoms with Crippen molar-refractivity contribution in [3.05, 3.63) is 5.89 Å². The molecule has 5 nitrogen and oxygen atoms in total. The molecule has 1 aromatic heterocycles. The maximum atomic E-state index is 5.57. The van der Waals surface area contributed by atoms with Gasteiger partial charge in [-0.3, -0.25) is 0 Å². The number of nitrogens with zero attached hydrogens (tertiary/aromatic N) is 2. The van der Waals surface area contributed by atoms with Crippen LogP contribution in [0.3, 0.4) is 0 Å². The molecule has 1 fully saturated rings.